The summed E-state index contributed by atoms with van der Waals surface area (Å²) in [6, 6.07) is 20.0. The summed E-state index contributed by atoms with van der Waals surface area (Å²) in [5.74, 6) is 0.853. The number of rotatable bonds is 6. The van der Waals surface area contributed by atoms with Crippen LogP contribution in [-0.4, -0.2) is 18.2 Å². The second kappa shape index (κ2) is 10.1. The lowest BCUT2D eigenvalue weighted by molar-refractivity contribution is -0.115. The van der Waals surface area contributed by atoms with E-state index in [2.05, 4.69) is 10.3 Å². The number of nitrogens with one attached hydrogen (secondary N) is 1. The number of hydrogen-bond donors (Lipinski definition) is 1. The average Bonchev–Trinajstić information content (AvgIpc) is 3.13. The number of carbonyl (C=O) groups excluding carboxylic acids is 1. The molecule has 8 heteroatoms. The number of amides is 1. The van der Waals surface area contributed by atoms with Gasteiger partial charge in [0.15, 0.2) is 16.7 Å². The minimum absolute atomic E-state index is 0.234. The van der Waals surface area contributed by atoms with Crippen molar-refractivity contribution in [3.8, 4) is 11.5 Å². The fourth-order valence-corrected chi connectivity index (χ4v) is 4.13. The number of amidine groups is 1. The third kappa shape index (κ3) is 5.27. The van der Waals surface area contributed by atoms with Crippen LogP contribution in [0.1, 0.15) is 11.1 Å². The summed E-state index contributed by atoms with van der Waals surface area (Å²) < 4.78 is 11.5. The molecule has 0 radical (unpaired) electrons. The van der Waals surface area contributed by atoms with Crippen LogP contribution in [0, 0.1) is 0 Å². The molecule has 0 atom stereocenters. The van der Waals surface area contributed by atoms with Crippen LogP contribution in [0.25, 0.3) is 6.08 Å². The molecule has 1 heterocycles. The molecule has 0 aromatic heterocycles. The van der Waals surface area contributed by atoms with Gasteiger partial charge in [-0.15, -0.1) is 0 Å². The molecule has 1 amide bonds. The number of hydrogen-bond acceptors (Lipinski definition) is 5. The Balaban J connectivity index is 1.59. The summed E-state index contributed by atoms with van der Waals surface area (Å²) >= 11 is 13.4. The number of ether oxygens (including phenoxy) is 2. The maximum Gasteiger partial charge on any atom is 0.264 e. The molecule has 32 heavy (non-hydrogen) atoms. The summed E-state index contributed by atoms with van der Waals surface area (Å²) in [5, 5.41) is 4.52. The van der Waals surface area contributed by atoms with E-state index in [1.54, 1.807) is 43.5 Å². The second-order valence-corrected chi connectivity index (χ2v) is 8.59. The van der Waals surface area contributed by atoms with E-state index >= 15 is 0 Å². The molecule has 0 saturated carbocycles. The van der Waals surface area contributed by atoms with E-state index in [1.807, 2.05) is 36.4 Å². The van der Waals surface area contributed by atoms with Gasteiger partial charge < -0.3 is 14.8 Å². The van der Waals surface area contributed by atoms with Gasteiger partial charge in [0, 0.05) is 21.2 Å². The lowest BCUT2D eigenvalue weighted by Crippen LogP contribution is -2.19. The first kappa shape index (κ1) is 22.3. The second-order valence-electron chi connectivity index (χ2n) is 6.72. The molecule has 0 spiro atoms. The van der Waals surface area contributed by atoms with Gasteiger partial charge in [0.25, 0.3) is 5.91 Å². The molecule has 3 aromatic rings. The maximum atomic E-state index is 12.5. The zero-order valence-electron chi connectivity index (χ0n) is 17.0. The van der Waals surface area contributed by atoms with E-state index in [1.165, 1.54) is 11.8 Å². The normalized spacial score (nSPS) is 15.8. The Morgan fingerprint density at radius 2 is 1.81 bits per heavy atom. The molecular formula is C24H18Cl2N2O3S. The minimum atomic E-state index is -0.234. The van der Waals surface area contributed by atoms with Crippen LogP contribution in [0.3, 0.4) is 0 Å². The van der Waals surface area contributed by atoms with Crippen molar-refractivity contribution in [3.05, 3.63) is 92.8 Å². The number of carbonyl (C=O) groups is 1. The Kier molecular flexibility index (Phi) is 7.05. The highest BCUT2D eigenvalue weighted by Gasteiger charge is 2.25. The van der Waals surface area contributed by atoms with Crippen molar-refractivity contribution in [2.45, 2.75) is 6.61 Å². The first-order valence-corrected chi connectivity index (χ1v) is 11.2. The van der Waals surface area contributed by atoms with Crippen LogP contribution in [-0.2, 0) is 11.4 Å². The molecule has 5 nitrogen and oxygen atoms in total. The van der Waals surface area contributed by atoms with E-state index in [0.717, 1.165) is 5.56 Å². The number of aliphatic imine (C=N–C) groups is 1. The van der Waals surface area contributed by atoms with Crippen molar-refractivity contribution in [1.82, 2.24) is 5.32 Å². The number of nitrogens with zero attached hydrogens (tertiary/aromatic N) is 1. The lowest BCUT2D eigenvalue weighted by atomic mass is 10.1. The van der Waals surface area contributed by atoms with Gasteiger partial charge in [0.05, 0.1) is 17.7 Å². The third-order valence-corrected chi connectivity index (χ3v) is 6.08. The Labute approximate surface area is 200 Å². The van der Waals surface area contributed by atoms with Crippen molar-refractivity contribution in [1.29, 1.82) is 0 Å². The van der Waals surface area contributed by atoms with Gasteiger partial charge in [-0.3, -0.25) is 4.79 Å². The Morgan fingerprint density at radius 3 is 2.56 bits per heavy atom. The van der Waals surface area contributed by atoms with Gasteiger partial charge in [-0.05, 0) is 54.2 Å². The highest BCUT2D eigenvalue weighted by molar-refractivity contribution is 8.18. The lowest BCUT2D eigenvalue weighted by Gasteiger charge is -2.14. The zero-order chi connectivity index (χ0) is 22.5. The van der Waals surface area contributed by atoms with Gasteiger partial charge in [-0.2, -0.15) is 0 Å². The van der Waals surface area contributed by atoms with Crippen molar-refractivity contribution in [2.24, 2.45) is 4.99 Å². The van der Waals surface area contributed by atoms with Gasteiger partial charge in [0.1, 0.15) is 6.61 Å². The molecule has 1 saturated heterocycles. The van der Waals surface area contributed by atoms with Crippen LogP contribution in [0.5, 0.6) is 11.5 Å². The summed E-state index contributed by atoms with van der Waals surface area (Å²) in [6.45, 7) is 0.263. The summed E-state index contributed by atoms with van der Waals surface area (Å²) in [4.78, 5) is 17.5. The monoisotopic (exact) mass is 484 g/mol. The molecule has 162 valence electrons. The van der Waals surface area contributed by atoms with Gasteiger partial charge in [0.2, 0.25) is 0 Å². The SMILES string of the molecule is COc1cccc(/C=C2\SC(=Nc3ccc(Cl)cc3)NC2=O)c1OCc1ccccc1Cl. The number of benzene rings is 3. The fourth-order valence-electron chi connectivity index (χ4n) is 2.98. The van der Waals surface area contributed by atoms with Crippen molar-refractivity contribution in [3.63, 3.8) is 0 Å². The fraction of sp³-hybridized carbons (Fsp3) is 0.0833. The van der Waals surface area contributed by atoms with Crippen molar-refractivity contribution >= 4 is 57.8 Å². The maximum absolute atomic E-state index is 12.5. The zero-order valence-corrected chi connectivity index (χ0v) is 19.3. The molecule has 0 bridgehead atoms. The molecule has 1 N–H and O–H groups in total. The molecular weight excluding hydrogens is 467 g/mol. The average molecular weight is 485 g/mol. The molecule has 1 aliphatic rings. The molecule has 1 aliphatic heterocycles. The molecule has 3 aromatic carbocycles. The molecule has 0 unspecified atom stereocenters. The number of thioether (sulfide) groups is 1. The van der Waals surface area contributed by atoms with E-state index in [9.17, 15) is 4.79 Å². The highest BCUT2D eigenvalue weighted by atomic mass is 35.5. The van der Waals surface area contributed by atoms with E-state index in [4.69, 9.17) is 32.7 Å². The van der Waals surface area contributed by atoms with E-state index < -0.39 is 0 Å². The quantitative estimate of drug-likeness (QED) is 0.407. The summed E-state index contributed by atoms with van der Waals surface area (Å²) in [7, 11) is 1.57. The van der Waals surface area contributed by atoms with Crippen LogP contribution in [0.4, 0.5) is 5.69 Å². The van der Waals surface area contributed by atoms with Crippen LogP contribution in [0.15, 0.2) is 76.6 Å². The predicted octanol–water partition coefficient (Wildman–Crippen LogP) is 6.47. The van der Waals surface area contributed by atoms with Crippen LogP contribution >= 0.6 is 35.0 Å². The standard InChI is InChI=1S/C24H18Cl2N2O3S/c1-30-20-8-4-6-15(22(20)31-14-16-5-2-3-7-19(16)26)13-21-23(29)28-24(32-21)27-18-11-9-17(25)10-12-18/h2-13H,14H2,1H3,(H,27,28,29)/b21-13-. The van der Waals surface area contributed by atoms with Crippen LogP contribution in [0.2, 0.25) is 10.0 Å². The van der Waals surface area contributed by atoms with Gasteiger partial charge in [-0.25, -0.2) is 4.99 Å². The van der Waals surface area contributed by atoms with E-state index in [-0.39, 0.29) is 12.5 Å². The molecule has 1 fully saturated rings. The Hall–Kier alpha value is -2.93. The predicted molar refractivity (Wildman–Crippen MR) is 131 cm³/mol. The highest BCUT2D eigenvalue weighted by Crippen LogP contribution is 2.36. The minimum Gasteiger partial charge on any atom is -0.493 e. The van der Waals surface area contributed by atoms with Crippen molar-refractivity contribution in [2.75, 3.05) is 7.11 Å². The Morgan fingerprint density at radius 1 is 1.03 bits per heavy atom. The topological polar surface area (TPSA) is 59.9 Å². The Bertz CT molecular complexity index is 1210. The van der Waals surface area contributed by atoms with Gasteiger partial charge in [-0.1, -0.05) is 53.5 Å². The summed E-state index contributed by atoms with van der Waals surface area (Å²) in [5.41, 5.74) is 2.26. The number of para-hydroxylation sites is 1. The summed E-state index contributed by atoms with van der Waals surface area (Å²) in [6.07, 6.45) is 1.76. The van der Waals surface area contributed by atoms with Crippen molar-refractivity contribution < 1.29 is 14.3 Å². The van der Waals surface area contributed by atoms with Gasteiger partial charge >= 0.3 is 0 Å². The van der Waals surface area contributed by atoms with Crippen LogP contribution < -0.4 is 14.8 Å². The largest absolute Gasteiger partial charge is 0.493 e. The first-order chi connectivity index (χ1) is 15.5. The first-order valence-electron chi connectivity index (χ1n) is 9.62. The molecule has 4 rings (SSSR count). The number of methoxy groups -OCH3 is 1. The van der Waals surface area contributed by atoms with E-state index in [0.29, 0.717) is 42.9 Å². The number of halogens is 2. The molecule has 0 aliphatic carbocycles. The third-order valence-electron chi connectivity index (χ3n) is 4.55. The smallest absolute Gasteiger partial charge is 0.264 e.